The van der Waals surface area contributed by atoms with Crippen LogP contribution in [0.15, 0.2) is 48.5 Å². The van der Waals surface area contributed by atoms with Gasteiger partial charge < -0.3 is 15.1 Å². The number of piperazine rings is 1. The molecule has 1 saturated heterocycles. The summed E-state index contributed by atoms with van der Waals surface area (Å²) in [6, 6.07) is 14.5. The average molecular weight is 467 g/mol. The fraction of sp³-hybridized carbons (Fsp3) is 0.481. The second kappa shape index (κ2) is 11.0. The highest BCUT2D eigenvalue weighted by Crippen LogP contribution is 2.30. The van der Waals surface area contributed by atoms with Gasteiger partial charge in [0.1, 0.15) is 11.9 Å². The van der Waals surface area contributed by atoms with Crippen LogP contribution in [0, 0.1) is 11.7 Å². The normalized spacial score (nSPS) is 17.7. The summed E-state index contributed by atoms with van der Waals surface area (Å²) >= 11 is 0. The molecule has 2 aromatic carbocycles. The Bertz CT molecular complexity index is 983. The number of hydrogen-bond donors (Lipinski definition) is 1. The number of nitrogens with zero attached hydrogens (tertiary/aromatic N) is 3. The summed E-state index contributed by atoms with van der Waals surface area (Å²) in [6.45, 7) is 7.92. The Labute approximate surface area is 201 Å². The van der Waals surface area contributed by atoms with Crippen LogP contribution >= 0.6 is 0 Å². The van der Waals surface area contributed by atoms with Crippen molar-refractivity contribution in [1.29, 1.82) is 0 Å². The molecule has 1 heterocycles. The zero-order valence-corrected chi connectivity index (χ0v) is 20.2. The minimum absolute atomic E-state index is 0.0168. The maximum absolute atomic E-state index is 15.0. The summed E-state index contributed by atoms with van der Waals surface area (Å²) in [7, 11) is 0. The van der Waals surface area contributed by atoms with Crippen LogP contribution in [0.5, 0.6) is 0 Å². The molecule has 1 aliphatic heterocycles. The third-order valence-electron chi connectivity index (χ3n) is 7.14. The number of likely N-dealkylation sites (N-methyl/N-ethyl adjacent to an activating group) is 1. The van der Waals surface area contributed by atoms with Gasteiger partial charge in [-0.05, 0) is 50.5 Å². The number of halogens is 1. The molecule has 7 heteroatoms. The molecule has 0 aromatic heterocycles. The predicted octanol–water partition coefficient (Wildman–Crippen LogP) is 4.30. The van der Waals surface area contributed by atoms with E-state index >= 15 is 0 Å². The lowest BCUT2D eigenvalue weighted by atomic mass is 9.85. The number of anilines is 2. The monoisotopic (exact) mass is 466 g/mol. The van der Waals surface area contributed by atoms with Crippen LogP contribution in [0.1, 0.15) is 44.7 Å². The molecule has 1 N–H and O–H groups in total. The number of carbonyl (C=O) groups excluding carboxylic acids is 2. The van der Waals surface area contributed by atoms with Crippen LogP contribution in [0.2, 0.25) is 0 Å². The van der Waals surface area contributed by atoms with Crippen molar-refractivity contribution in [3.8, 4) is 0 Å². The second-order valence-electron chi connectivity index (χ2n) is 9.13. The van der Waals surface area contributed by atoms with Gasteiger partial charge in [-0.25, -0.2) is 4.39 Å². The quantitative estimate of drug-likeness (QED) is 0.631. The summed E-state index contributed by atoms with van der Waals surface area (Å²) < 4.78 is 15.0. The highest BCUT2D eigenvalue weighted by atomic mass is 19.1. The first-order chi connectivity index (χ1) is 16.5. The van der Waals surface area contributed by atoms with Gasteiger partial charge in [-0.3, -0.25) is 14.5 Å². The molecule has 2 amide bonds. The molecular formula is C27H35FN4O2. The standard InChI is InChI=1S/C27H35FN4O2/c1-3-30(4-2)27(34)25(20-9-6-5-7-10-20)32-17-15-31(16-18-32)24-14-13-22(19-23(24)28)29-26(33)21-11-8-12-21/h5-7,9-10,13-14,19,21,25H,3-4,8,11-12,15-18H2,1-2H3,(H,29,33). The minimum Gasteiger partial charge on any atom is -0.367 e. The SMILES string of the molecule is CCN(CC)C(=O)C(c1ccccc1)N1CCN(c2ccc(NC(=O)C3CCC3)cc2F)CC1. The molecule has 182 valence electrons. The first-order valence-electron chi connectivity index (χ1n) is 12.4. The minimum atomic E-state index is -0.336. The third kappa shape index (κ3) is 5.25. The van der Waals surface area contributed by atoms with Crippen LogP contribution < -0.4 is 10.2 Å². The van der Waals surface area contributed by atoms with E-state index in [9.17, 15) is 14.0 Å². The molecule has 6 nitrogen and oxygen atoms in total. The molecule has 4 rings (SSSR count). The number of hydrogen-bond acceptors (Lipinski definition) is 4. The molecule has 0 radical (unpaired) electrons. The lowest BCUT2D eigenvalue weighted by molar-refractivity contribution is -0.137. The average Bonchev–Trinajstić information content (AvgIpc) is 2.80. The van der Waals surface area contributed by atoms with Crippen LogP contribution in [0.3, 0.4) is 0 Å². The molecule has 2 aromatic rings. The van der Waals surface area contributed by atoms with Gasteiger partial charge in [-0.15, -0.1) is 0 Å². The van der Waals surface area contributed by atoms with Crippen molar-refractivity contribution in [2.75, 3.05) is 49.5 Å². The lowest BCUT2D eigenvalue weighted by Gasteiger charge is -2.41. The second-order valence-corrected chi connectivity index (χ2v) is 9.13. The van der Waals surface area contributed by atoms with Gasteiger partial charge in [0.15, 0.2) is 0 Å². The van der Waals surface area contributed by atoms with Crippen molar-refractivity contribution in [3.63, 3.8) is 0 Å². The zero-order chi connectivity index (χ0) is 24.1. The first-order valence-corrected chi connectivity index (χ1v) is 12.4. The van der Waals surface area contributed by atoms with Gasteiger partial charge in [-0.1, -0.05) is 36.8 Å². The lowest BCUT2D eigenvalue weighted by Crippen LogP contribution is -2.51. The molecule has 1 saturated carbocycles. The largest absolute Gasteiger partial charge is 0.367 e. The summed E-state index contributed by atoms with van der Waals surface area (Å²) in [5.41, 5.74) is 2.03. The Morgan fingerprint density at radius 1 is 1.03 bits per heavy atom. The Kier molecular flexibility index (Phi) is 7.83. The predicted molar refractivity (Wildman–Crippen MR) is 133 cm³/mol. The number of amides is 2. The maximum atomic E-state index is 15.0. The fourth-order valence-corrected chi connectivity index (χ4v) is 4.83. The number of carbonyl (C=O) groups is 2. The molecule has 1 aliphatic carbocycles. The van der Waals surface area contributed by atoms with Crippen molar-refractivity contribution in [2.24, 2.45) is 5.92 Å². The maximum Gasteiger partial charge on any atom is 0.244 e. The van der Waals surface area contributed by atoms with E-state index in [0.29, 0.717) is 50.6 Å². The molecule has 0 bridgehead atoms. The third-order valence-corrected chi connectivity index (χ3v) is 7.14. The molecule has 1 unspecified atom stereocenters. The summed E-state index contributed by atoms with van der Waals surface area (Å²) in [5.74, 6) is -0.176. The van der Waals surface area contributed by atoms with Crippen molar-refractivity contribution in [1.82, 2.24) is 9.80 Å². The zero-order valence-electron chi connectivity index (χ0n) is 20.2. The van der Waals surface area contributed by atoms with E-state index in [0.717, 1.165) is 24.8 Å². The fourth-order valence-electron chi connectivity index (χ4n) is 4.83. The van der Waals surface area contributed by atoms with E-state index in [1.807, 2.05) is 54.0 Å². The topological polar surface area (TPSA) is 55.9 Å². The van der Waals surface area contributed by atoms with E-state index in [1.165, 1.54) is 6.07 Å². The van der Waals surface area contributed by atoms with Gasteiger partial charge in [-0.2, -0.15) is 0 Å². The van der Waals surface area contributed by atoms with Crippen molar-refractivity contribution >= 4 is 23.2 Å². The first kappa shape index (κ1) is 24.2. The van der Waals surface area contributed by atoms with Crippen molar-refractivity contribution < 1.29 is 14.0 Å². The van der Waals surface area contributed by atoms with Crippen LogP contribution in [0.25, 0.3) is 0 Å². The van der Waals surface area contributed by atoms with Crippen molar-refractivity contribution in [2.45, 2.75) is 39.2 Å². The summed E-state index contributed by atoms with van der Waals surface area (Å²) in [5, 5.41) is 2.84. The van der Waals surface area contributed by atoms with E-state index in [-0.39, 0.29) is 29.6 Å². The Hall–Kier alpha value is -2.93. The highest BCUT2D eigenvalue weighted by molar-refractivity contribution is 5.93. The van der Waals surface area contributed by atoms with E-state index in [2.05, 4.69) is 10.2 Å². The van der Waals surface area contributed by atoms with E-state index in [1.54, 1.807) is 12.1 Å². The smallest absolute Gasteiger partial charge is 0.244 e. The molecule has 34 heavy (non-hydrogen) atoms. The van der Waals surface area contributed by atoms with Crippen LogP contribution in [-0.2, 0) is 9.59 Å². The molecular weight excluding hydrogens is 431 g/mol. The van der Waals surface area contributed by atoms with Crippen LogP contribution in [-0.4, -0.2) is 60.9 Å². The van der Waals surface area contributed by atoms with E-state index < -0.39 is 0 Å². The Morgan fingerprint density at radius 3 is 2.26 bits per heavy atom. The number of benzene rings is 2. The van der Waals surface area contributed by atoms with Crippen molar-refractivity contribution in [3.05, 3.63) is 59.9 Å². The molecule has 0 spiro atoms. The Morgan fingerprint density at radius 2 is 1.71 bits per heavy atom. The van der Waals surface area contributed by atoms with Gasteiger partial charge in [0.25, 0.3) is 0 Å². The van der Waals surface area contributed by atoms with Gasteiger partial charge in [0.2, 0.25) is 11.8 Å². The van der Waals surface area contributed by atoms with E-state index in [4.69, 9.17) is 0 Å². The highest BCUT2D eigenvalue weighted by Gasteiger charge is 2.33. The van der Waals surface area contributed by atoms with Gasteiger partial charge in [0, 0.05) is 50.9 Å². The van der Waals surface area contributed by atoms with Gasteiger partial charge >= 0.3 is 0 Å². The number of rotatable bonds is 8. The summed E-state index contributed by atoms with van der Waals surface area (Å²) in [6.07, 6.45) is 2.91. The number of nitrogens with one attached hydrogen (secondary N) is 1. The Balaban J connectivity index is 1.43. The molecule has 2 fully saturated rings. The molecule has 2 aliphatic rings. The molecule has 1 atom stereocenters. The summed E-state index contributed by atoms with van der Waals surface area (Å²) in [4.78, 5) is 31.7. The van der Waals surface area contributed by atoms with Gasteiger partial charge in [0.05, 0.1) is 5.69 Å². The van der Waals surface area contributed by atoms with Crippen LogP contribution in [0.4, 0.5) is 15.8 Å².